The summed E-state index contributed by atoms with van der Waals surface area (Å²) >= 11 is 0. The Morgan fingerprint density at radius 3 is 2.62 bits per heavy atom. The molecule has 0 aromatic rings. The molecule has 0 aromatic heterocycles. The van der Waals surface area contributed by atoms with Gasteiger partial charge in [0.05, 0.1) is 0 Å². The maximum absolute atomic E-state index is 12.2. The van der Waals surface area contributed by atoms with Crippen LogP contribution in [0.1, 0.15) is 40.0 Å². The van der Waals surface area contributed by atoms with Crippen molar-refractivity contribution < 1.29 is 14.7 Å². The van der Waals surface area contributed by atoms with Crippen LogP contribution in [0.25, 0.3) is 0 Å². The summed E-state index contributed by atoms with van der Waals surface area (Å²) in [5.41, 5.74) is 0. The van der Waals surface area contributed by atoms with Gasteiger partial charge in [0.2, 0.25) is 0 Å². The number of carboxylic acid groups (broad SMARTS) is 1. The molecule has 1 heterocycles. The fourth-order valence-corrected chi connectivity index (χ4v) is 2.79. The van der Waals surface area contributed by atoms with Gasteiger partial charge in [-0.2, -0.15) is 0 Å². The standard InChI is InChI=1S/C15H29N3O3/c1-4-8-17(5-2)10-7-16-15(21)18-9-6-12(3)11-13(18)14(19)20/h12-13H,4-11H2,1-3H3,(H,16,21)(H,19,20). The number of likely N-dealkylation sites (tertiary alicyclic amines) is 1. The largest absolute Gasteiger partial charge is 0.480 e. The van der Waals surface area contributed by atoms with Crippen molar-refractivity contribution in [2.45, 2.75) is 46.1 Å². The third kappa shape index (κ3) is 5.53. The molecule has 0 aromatic carbocycles. The third-order valence-electron chi connectivity index (χ3n) is 4.10. The predicted octanol–water partition coefficient (Wildman–Crippen LogP) is 1.61. The quantitative estimate of drug-likeness (QED) is 0.749. The first-order valence-corrected chi connectivity index (χ1v) is 7.99. The smallest absolute Gasteiger partial charge is 0.326 e. The van der Waals surface area contributed by atoms with Crippen molar-refractivity contribution in [1.82, 2.24) is 15.1 Å². The SMILES string of the molecule is CCCN(CC)CCNC(=O)N1CCC(C)CC1C(=O)O. The zero-order valence-electron chi connectivity index (χ0n) is 13.5. The van der Waals surface area contributed by atoms with Crippen LogP contribution in [-0.2, 0) is 4.79 Å². The Bertz CT molecular complexity index is 349. The molecule has 1 rings (SSSR count). The van der Waals surface area contributed by atoms with Gasteiger partial charge in [0.15, 0.2) is 0 Å². The average Bonchev–Trinajstić information content (AvgIpc) is 2.45. The second-order valence-corrected chi connectivity index (χ2v) is 5.84. The summed E-state index contributed by atoms with van der Waals surface area (Å²) in [5.74, 6) is -0.548. The first kappa shape index (κ1) is 17.8. The van der Waals surface area contributed by atoms with E-state index < -0.39 is 12.0 Å². The molecule has 0 bridgehead atoms. The van der Waals surface area contributed by atoms with Crippen molar-refractivity contribution in [2.75, 3.05) is 32.7 Å². The molecule has 21 heavy (non-hydrogen) atoms. The lowest BCUT2D eigenvalue weighted by molar-refractivity contribution is -0.143. The number of carbonyl (C=O) groups excluding carboxylic acids is 1. The summed E-state index contributed by atoms with van der Waals surface area (Å²) in [6.45, 7) is 10.1. The van der Waals surface area contributed by atoms with E-state index in [2.05, 4.69) is 24.1 Å². The molecule has 1 aliphatic rings. The maximum Gasteiger partial charge on any atom is 0.326 e. The van der Waals surface area contributed by atoms with Gasteiger partial charge in [-0.3, -0.25) is 0 Å². The summed E-state index contributed by atoms with van der Waals surface area (Å²) in [6, 6.07) is -0.937. The lowest BCUT2D eigenvalue weighted by Crippen LogP contribution is -2.54. The molecule has 2 N–H and O–H groups in total. The fraction of sp³-hybridized carbons (Fsp3) is 0.867. The zero-order chi connectivity index (χ0) is 15.8. The molecule has 1 aliphatic heterocycles. The summed E-state index contributed by atoms with van der Waals surface area (Å²) in [5, 5.41) is 12.1. The molecule has 0 radical (unpaired) electrons. The number of hydrogen-bond acceptors (Lipinski definition) is 3. The van der Waals surface area contributed by atoms with Crippen LogP contribution in [0.2, 0.25) is 0 Å². The number of piperidine rings is 1. The molecule has 6 heteroatoms. The van der Waals surface area contributed by atoms with Crippen LogP contribution in [0.4, 0.5) is 4.79 Å². The molecular weight excluding hydrogens is 270 g/mol. The fourth-order valence-electron chi connectivity index (χ4n) is 2.79. The average molecular weight is 299 g/mol. The Labute approximate surface area is 127 Å². The van der Waals surface area contributed by atoms with Crippen molar-refractivity contribution in [2.24, 2.45) is 5.92 Å². The first-order valence-electron chi connectivity index (χ1n) is 7.99. The maximum atomic E-state index is 12.2. The van der Waals surface area contributed by atoms with E-state index in [-0.39, 0.29) is 6.03 Å². The second-order valence-electron chi connectivity index (χ2n) is 5.84. The Kier molecular flexibility index (Phi) is 7.50. The monoisotopic (exact) mass is 299 g/mol. The Morgan fingerprint density at radius 2 is 2.05 bits per heavy atom. The van der Waals surface area contributed by atoms with Crippen LogP contribution in [0, 0.1) is 5.92 Å². The Morgan fingerprint density at radius 1 is 1.33 bits per heavy atom. The van der Waals surface area contributed by atoms with Crippen molar-refractivity contribution in [3.05, 3.63) is 0 Å². The number of aliphatic carboxylic acids is 1. The van der Waals surface area contributed by atoms with E-state index in [4.69, 9.17) is 0 Å². The molecular formula is C15H29N3O3. The molecule has 0 spiro atoms. The van der Waals surface area contributed by atoms with Gasteiger partial charge in [-0.25, -0.2) is 9.59 Å². The zero-order valence-corrected chi connectivity index (χ0v) is 13.5. The van der Waals surface area contributed by atoms with Gasteiger partial charge in [-0.15, -0.1) is 0 Å². The van der Waals surface area contributed by atoms with E-state index in [9.17, 15) is 14.7 Å². The molecule has 1 fully saturated rings. The van der Waals surface area contributed by atoms with Crippen molar-refractivity contribution in [1.29, 1.82) is 0 Å². The molecule has 0 aliphatic carbocycles. The van der Waals surface area contributed by atoms with Gasteiger partial charge >= 0.3 is 12.0 Å². The Hall–Kier alpha value is -1.30. The van der Waals surface area contributed by atoms with E-state index in [0.717, 1.165) is 32.5 Å². The minimum absolute atomic E-state index is 0.248. The van der Waals surface area contributed by atoms with Gasteiger partial charge in [-0.1, -0.05) is 20.8 Å². The molecule has 2 amide bonds. The van der Waals surface area contributed by atoms with Crippen LogP contribution < -0.4 is 5.32 Å². The van der Waals surface area contributed by atoms with Crippen molar-refractivity contribution >= 4 is 12.0 Å². The number of amides is 2. The third-order valence-corrected chi connectivity index (χ3v) is 4.10. The topological polar surface area (TPSA) is 72.9 Å². The van der Waals surface area contributed by atoms with Crippen molar-refractivity contribution in [3.8, 4) is 0 Å². The Balaban J connectivity index is 2.44. The van der Waals surface area contributed by atoms with Crippen LogP contribution in [0.5, 0.6) is 0 Å². The summed E-state index contributed by atoms with van der Waals surface area (Å²) < 4.78 is 0. The van der Waals surface area contributed by atoms with Crippen molar-refractivity contribution in [3.63, 3.8) is 0 Å². The van der Waals surface area contributed by atoms with E-state index in [1.807, 2.05) is 6.92 Å². The van der Waals surface area contributed by atoms with Gasteiger partial charge < -0.3 is 20.2 Å². The minimum Gasteiger partial charge on any atom is -0.480 e. The molecule has 2 atom stereocenters. The van der Waals surface area contributed by atoms with Crippen LogP contribution in [0.15, 0.2) is 0 Å². The van der Waals surface area contributed by atoms with Gasteiger partial charge in [0.25, 0.3) is 0 Å². The predicted molar refractivity (Wildman–Crippen MR) is 82.3 cm³/mol. The minimum atomic E-state index is -0.905. The second kappa shape index (κ2) is 8.87. The van der Waals surface area contributed by atoms with Gasteiger partial charge in [0.1, 0.15) is 6.04 Å². The molecule has 0 saturated carbocycles. The summed E-state index contributed by atoms with van der Waals surface area (Å²) in [7, 11) is 0. The number of carboxylic acids is 1. The normalized spacial score (nSPS) is 22.4. The highest BCUT2D eigenvalue weighted by atomic mass is 16.4. The van der Waals surface area contributed by atoms with E-state index in [0.29, 0.717) is 25.4 Å². The number of rotatable bonds is 7. The van der Waals surface area contributed by atoms with E-state index >= 15 is 0 Å². The lowest BCUT2D eigenvalue weighted by atomic mass is 9.93. The lowest BCUT2D eigenvalue weighted by Gasteiger charge is -2.36. The summed E-state index contributed by atoms with van der Waals surface area (Å²) in [4.78, 5) is 27.2. The molecule has 6 nitrogen and oxygen atoms in total. The number of urea groups is 1. The first-order chi connectivity index (χ1) is 9.99. The molecule has 1 saturated heterocycles. The van der Waals surface area contributed by atoms with Crippen LogP contribution in [0.3, 0.4) is 0 Å². The number of hydrogen-bond donors (Lipinski definition) is 2. The summed E-state index contributed by atoms with van der Waals surface area (Å²) in [6.07, 6.45) is 2.50. The van der Waals surface area contributed by atoms with E-state index in [1.54, 1.807) is 0 Å². The highest BCUT2D eigenvalue weighted by molar-refractivity contribution is 5.82. The number of likely N-dealkylation sites (N-methyl/N-ethyl adjacent to an activating group) is 1. The van der Waals surface area contributed by atoms with Crippen LogP contribution >= 0.6 is 0 Å². The van der Waals surface area contributed by atoms with Crippen LogP contribution in [-0.4, -0.2) is 65.7 Å². The highest BCUT2D eigenvalue weighted by Gasteiger charge is 2.34. The number of nitrogens with one attached hydrogen (secondary N) is 1. The number of nitrogens with zero attached hydrogens (tertiary/aromatic N) is 2. The van der Waals surface area contributed by atoms with E-state index in [1.165, 1.54) is 4.90 Å². The molecule has 122 valence electrons. The van der Waals surface area contributed by atoms with Gasteiger partial charge in [0, 0.05) is 19.6 Å². The van der Waals surface area contributed by atoms with Gasteiger partial charge in [-0.05, 0) is 38.3 Å². The highest BCUT2D eigenvalue weighted by Crippen LogP contribution is 2.22. The molecule has 2 unspecified atom stereocenters. The number of carbonyl (C=O) groups is 2.